The number of carbonyl (C=O) groups is 2. The summed E-state index contributed by atoms with van der Waals surface area (Å²) in [6.07, 6.45) is 1.25. The lowest BCUT2D eigenvalue weighted by molar-refractivity contribution is 0.0692. The number of halogens is 1. The number of rotatable bonds is 7. The number of hydrogen-bond donors (Lipinski definition) is 2. The molecular weight excluding hydrogens is 443 g/mol. The highest BCUT2D eigenvalue weighted by atomic mass is 19.1. The van der Waals surface area contributed by atoms with Gasteiger partial charge in [0.1, 0.15) is 28.5 Å². The number of benzene rings is 2. The summed E-state index contributed by atoms with van der Waals surface area (Å²) in [4.78, 5) is 28.7. The van der Waals surface area contributed by atoms with E-state index in [2.05, 4.69) is 10.3 Å². The third kappa shape index (κ3) is 4.03. The molecule has 0 unspecified atom stereocenters. The number of amides is 1. The summed E-state index contributed by atoms with van der Waals surface area (Å²) in [6, 6.07) is 9.81. The zero-order valence-electron chi connectivity index (χ0n) is 21.1. The van der Waals surface area contributed by atoms with Crippen molar-refractivity contribution in [3.05, 3.63) is 65.6 Å². The van der Waals surface area contributed by atoms with Crippen LogP contribution in [0.1, 0.15) is 31.8 Å². The summed E-state index contributed by atoms with van der Waals surface area (Å²) in [5.74, 6) is -2.40. The second-order valence-electron chi connectivity index (χ2n) is 7.15. The van der Waals surface area contributed by atoms with Gasteiger partial charge in [-0.15, -0.1) is 0 Å². The third-order valence-electron chi connectivity index (χ3n) is 5.14. The standard InChI is InChI=1S/C25H21FN2O6/c1-4-33-19-11-20-17(10-16(19)14-9-18(25(30)31)24(32-3)28-12-14)21(23(29)27-2)22(34-20)13-5-7-15(26)8-6-13/h5-12H,4H2,1-3H3,(H,27,29)(H,30,31)/i3D3. The van der Waals surface area contributed by atoms with Crippen LogP contribution in [0.5, 0.6) is 11.6 Å². The maximum Gasteiger partial charge on any atom is 0.341 e. The van der Waals surface area contributed by atoms with E-state index in [4.69, 9.17) is 18.0 Å². The molecule has 0 aliphatic heterocycles. The van der Waals surface area contributed by atoms with Crippen LogP contribution in [0.2, 0.25) is 0 Å². The minimum Gasteiger partial charge on any atom is -0.493 e. The number of methoxy groups -OCH3 is 1. The largest absolute Gasteiger partial charge is 0.493 e. The van der Waals surface area contributed by atoms with E-state index in [0.29, 0.717) is 27.8 Å². The first kappa shape index (κ1) is 19.1. The van der Waals surface area contributed by atoms with E-state index in [-0.39, 0.29) is 23.5 Å². The average Bonchev–Trinajstić information content (AvgIpc) is 3.21. The Labute approximate surface area is 198 Å². The Morgan fingerprint density at radius 3 is 2.62 bits per heavy atom. The topological polar surface area (TPSA) is 111 Å². The summed E-state index contributed by atoms with van der Waals surface area (Å²) in [7, 11) is -1.44. The van der Waals surface area contributed by atoms with Gasteiger partial charge >= 0.3 is 5.97 Å². The number of nitrogens with one attached hydrogen (secondary N) is 1. The zero-order valence-corrected chi connectivity index (χ0v) is 18.1. The molecule has 2 aromatic heterocycles. The van der Waals surface area contributed by atoms with Crippen molar-refractivity contribution in [1.29, 1.82) is 0 Å². The van der Waals surface area contributed by atoms with Crippen LogP contribution in [0.15, 0.2) is 53.1 Å². The van der Waals surface area contributed by atoms with E-state index in [0.717, 1.165) is 0 Å². The number of aromatic carboxylic acids is 1. The molecule has 0 aliphatic carbocycles. The lowest BCUT2D eigenvalue weighted by Crippen LogP contribution is -2.18. The van der Waals surface area contributed by atoms with Crippen LogP contribution in [0, 0.1) is 5.82 Å². The number of fused-ring (bicyclic) bond motifs is 1. The number of carboxylic acid groups (broad SMARTS) is 1. The van der Waals surface area contributed by atoms with Crippen LogP contribution < -0.4 is 14.8 Å². The molecular formula is C25H21FN2O6. The van der Waals surface area contributed by atoms with E-state index in [9.17, 15) is 19.1 Å². The van der Waals surface area contributed by atoms with Gasteiger partial charge in [0, 0.05) is 41.4 Å². The zero-order chi connectivity index (χ0) is 26.9. The molecule has 1 amide bonds. The van der Waals surface area contributed by atoms with Gasteiger partial charge in [0.15, 0.2) is 0 Å². The summed E-state index contributed by atoms with van der Waals surface area (Å²) in [5, 5.41) is 12.6. The molecule has 9 heteroatoms. The number of pyridine rings is 1. The normalized spacial score (nSPS) is 12.5. The molecule has 2 heterocycles. The number of carbonyl (C=O) groups excluding carboxylic acids is 1. The molecule has 0 bridgehead atoms. The fraction of sp³-hybridized carbons (Fsp3) is 0.160. The molecule has 0 aliphatic rings. The second kappa shape index (κ2) is 9.22. The fourth-order valence-electron chi connectivity index (χ4n) is 3.61. The molecule has 0 saturated carbocycles. The van der Waals surface area contributed by atoms with Gasteiger partial charge in [-0.05, 0) is 43.3 Å². The van der Waals surface area contributed by atoms with Crippen molar-refractivity contribution in [3.8, 4) is 34.1 Å². The summed E-state index contributed by atoms with van der Waals surface area (Å²) in [5.41, 5.74) is 1.13. The van der Waals surface area contributed by atoms with Crippen LogP contribution in [0.4, 0.5) is 4.39 Å². The molecule has 0 spiro atoms. The van der Waals surface area contributed by atoms with Crippen LogP contribution in [-0.4, -0.2) is 42.7 Å². The molecule has 8 nitrogen and oxygen atoms in total. The number of aromatic nitrogens is 1. The quantitative estimate of drug-likeness (QED) is 0.403. The molecule has 174 valence electrons. The minimum absolute atomic E-state index is 0.183. The van der Waals surface area contributed by atoms with Gasteiger partial charge in [-0.3, -0.25) is 4.79 Å². The van der Waals surface area contributed by atoms with Gasteiger partial charge in [0.2, 0.25) is 5.88 Å². The Morgan fingerprint density at radius 1 is 1.21 bits per heavy atom. The molecule has 0 saturated heterocycles. The van der Waals surface area contributed by atoms with Crippen molar-refractivity contribution in [2.24, 2.45) is 0 Å². The van der Waals surface area contributed by atoms with Gasteiger partial charge in [-0.1, -0.05) is 0 Å². The number of carboxylic acids is 1. The van der Waals surface area contributed by atoms with Crippen molar-refractivity contribution >= 4 is 22.8 Å². The molecule has 4 rings (SSSR count). The first-order valence-corrected chi connectivity index (χ1v) is 10.2. The molecule has 0 atom stereocenters. The van der Waals surface area contributed by atoms with E-state index in [1.807, 2.05) is 0 Å². The SMILES string of the molecule is [2H]C([2H])([2H])Oc1ncc(-c2cc3c(C(=O)NC)c(-c4ccc(F)cc4)oc3cc2OCC)cc1C(=O)O. The van der Waals surface area contributed by atoms with Crippen molar-refractivity contribution in [1.82, 2.24) is 10.3 Å². The number of hydrogen-bond acceptors (Lipinski definition) is 6. The maximum absolute atomic E-state index is 13.5. The van der Waals surface area contributed by atoms with Crippen molar-refractivity contribution in [3.63, 3.8) is 0 Å². The molecule has 2 aromatic carbocycles. The van der Waals surface area contributed by atoms with Crippen LogP contribution in [0.3, 0.4) is 0 Å². The number of ether oxygens (including phenoxy) is 2. The van der Waals surface area contributed by atoms with Crippen molar-refractivity contribution in [2.45, 2.75) is 6.92 Å². The number of nitrogens with zero attached hydrogens (tertiary/aromatic N) is 1. The van der Waals surface area contributed by atoms with Crippen LogP contribution in [-0.2, 0) is 0 Å². The highest BCUT2D eigenvalue weighted by molar-refractivity contribution is 6.12. The highest BCUT2D eigenvalue weighted by Gasteiger charge is 2.24. The van der Waals surface area contributed by atoms with Gasteiger partial charge in [-0.2, -0.15) is 0 Å². The molecule has 0 fully saturated rings. The molecule has 4 aromatic rings. The monoisotopic (exact) mass is 467 g/mol. The Morgan fingerprint density at radius 2 is 1.97 bits per heavy atom. The van der Waals surface area contributed by atoms with E-state index < -0.39 is 36.2 Å². The highest BCUT2D eigenvalue weighted by Crippen LogP contribution is 2.41. The van der Waals surface area contributed by atoms with E-state index in [1.54, 1.807) is 19.1 Å². The van der Waals surface area contributed by atoms with Gasteiger partial charge in [-0.25, -0.2) is 14.2 Å². The predicted octanol–water partition coefficient (Wildman–Crippen LogP) is 4.77. The van der Waals surface area contributed by atoms with Gasteiger partial charge < -0.3 is 24.3 Å². The number of furan rings is 1. The first-order valence-electron chi connectivity index (χ1n) is 11.7. The molecule has 2 N–H and O–H groups in total. The lowest BCUT2D eigenvalue weighted by Gasteiger charge is -2.12. The summed E-state index contributed by atoms with van der Waals surface area (Å²) >= 11 is 0. The Hall–Kier alpha value is -4.40. The van der Waals surface area contributed by atoms with Crippen molar-refractivity contribution in [2.75, 3.05) is 20.7 Å². The Kier molecular flexibility index (Phi) is 5.18. The molecule has 34 heavy (non-hydrogen) atoms. The van der Waals surface area contributed by atoms with E-state index >= 15 is 0 Å². The predicted molar refractivity (Wildman–Crippen MR) is 123 cm³/mol. The Bertz CT molecular complexity index is 1500. The van der Waals surface area contributed by atoms with Gasteiger partial charge in [0.05, 0.1) is 23.3 Å². The second-order valence-corrected chi connectivity index (χ2v) is 7.15. The summed E-state index contributed by atoms with van der Waals surface area (Å²) in [6.45, 7) is 2.01. The first-order chi connectivity index (χ1) is 17.5. The van der Waals surface area contributed by atoms with Crippen LogP contribution >= 0.6 is 0 Å². The smallest absolute Gasteiger partial charge is 0.341 e. The Balaban J connectivity index is 1.97. The minimum atomic E-state index is -2.90. The van der Waals surface area contributed by atoms with Crippen molar-refractivity contribution < 1.29 is 37.1 Å². The van der Waals surface area contributed by atoms with E-state index in [1.165, 1.54) is 43.6 Å². The van der Waals surface area contributed by atoms with Gasteiger partial charge in [0.25, 0.3) is 5.91 Å². The van der Waals surface area contributed by atoms with Crippen LogP contribution in [0.25, 0.3) is 33.4 Å². The molecule has 0 radical (unpaired) electrons. The average molecular weight is 467 g/mol. The third-order valence-corrected chi connectivity index (χ3v) is 5.14. The maximum atomic E-state index is 13.5. The lowest BCUT2D eigenvalue weighted by atomic mass is 9.99. The fourth-order valence-corrected chi connectivity index (χ4v) is 3.61. The summed E-state index contributed by atoms with van der Waals surface area (Å²) < 4.78 is 51.8.